The minimum Gasteiger partial charge on any atom is -0.459 e. The van der Waals surface area contributed by atoms with Crippen molar-refractivity contribution in [2.45, 2.75) is 26.7 Å². The second-order valence-electron chi connectivity index (χ2n) is 13.3. The second kappa shape index (κ2) is 16.3. The Balaban J connectivity index is 1.25. The highest BCUT2D eigenvalue weighted by molar-refractivity contribution is 6.08. The first-order valence-electron chi connectivity index (χ1n) is 18.5. The molecule has 3 nitrogen and oxygen atoms in total. The van der Waals surface area contributed by atoms with Gasteiger partial charge in [-0.2, -0.15) is 0 Å². The lowest BCUT2D eigenvalue weighted by Crippen LogP contribution is -2.15. The summed E-state index contributed by atoms with van der Waals surface area (Å²) in [6.07, 6.45) is 26.0. The number of rotatable bonds is 11. The molecule has 1 aliphatic rings. The SMILES string of the molecule is C#CC1/C(=C\C=C/C)Oc2c(-c3ccc(N(C(/C=C\C(=C)c4cccc5c4oc4ccccc45)=C/C)c4ccc(/C(C)=C/C=C\C=C)cc4)cc3)cccc21. The van der Waals surface area contributed by atoms with Crippen LogP contribution in [0.5, 0.6) is 5.75 Å². The minimum atomic E-state index is -0.224. The van der Waals surface area contributed by atoms with Gasteiger partial charge in [0.15, 0.2) is 0 Å². The third kappa shape index (κ3) is 7.32. The van der Waals surface area contributed by atoms with Gasteiger partial charge >= 0.3 is 0 Å². The monoisotopic (exact) mass is 713 g/mol. The van der Waals surface area contributed by atoms with Gasteiger partial charge in [-0.15, -0.1) is 6.42 Å². The molecule has 0 aliphatic carbocycles. The summed E-state index contributed by atoms with van der Waals surface area (Å²) in [6.45, 7) is 14.4. The van der Waals surface area contributed by atoms with Gasteiger partial charge in [0.1, 0.15) is 28.6 Å². The molecule has 55 heavy (non-hydrogen) atoms. The fraction of sp³-hybridized carbons (Fsp3) is 0.0769. The van der Waals surface area contributed by atoms with Crippen LogP contribution in [0.2, 0.25) is 0 Å². The predicted octanol–water partition coefficient (Wildman–Crippen LogP) is 14.3. The number of terminal acetylenes is 1. The van der Waals surface area contributed by atoms with E-state index in [9.17, 15) is 0 Å². The number of ether oxygens (including phenoxy) is 1. The molecule has 6 aromatic rings. The lowest BCUT2D eigenvalue weighted by molar-refractivity contribution is 0.442. The molecule has 0 fully saturated rings. The third-order valence-corrected chi connectivity index (χ3v) is 9.85. The summed E-state index contributed by atoms with van der Waals surface area (Å²) in [7, 11) is 0. The van der Waals surface area contributed by atoms with Gasteiger partial charge < -0.3 is 14.1 Å². The number of hydrogen-bond acceptors (Lipinski definition) is 3. The van der Waals surface area contributed by atoms with Gasteiger partial charge in [-0.1, -0.05) is 147 Å². The fourth-order valence-electron chi connectivity index (χ4n) is 7.01. The average molecular weight is 714 g/mol. The maximum atomic E-state index is 6.41. The molecule has 0 bridgehead atoms. The number of furan rings is 1. The van der Waals surface area contributed by atoms with E-state index < -0.39 is 0 Å². The van der Waals surface area contributed by atoms with E-state index in [0.717, 1.165) is 89.5 Å². The molecular formula is C52H43NO2. The van der Waals surface area contributed by atoms with Crippen LogP contribution in [-0.2, 0) is 0 Å². The van der Waals surface area contributed by atoms with Crippen LogP contribution in [0.1, 0.15) is 43.4 Å². The Morgan fingerprint density at radius 2 is 1.53 bits per heavy atom. The zero-order valence-corrected chi connectivity index (χ0v) is 31.5. The van der Waals surface area contributed by atoms with Crippen molar-refractivity contribution < 1.29 is 9.15 Å². The van der Waals surface area contributed by atoms with E-state index >= 15 is 0 Å². The first-order valence-corrected chi connectivity index (χ1v) is 18.5. The summed E-state index contributed by atoms with van der Waals surface area (Å²) >= 11 is 0. The Kier molecular flexibility index (Phi) is 10.8. The number of nitrogens with zero attached hydrogens (tertiary/aromatic N) is 1. The number of para-hydroxylation sites is 3. The van der Waals surface area contributed by atoms with E-state index in [2.05, 4.69) is 147 Å². The summed E-state index contributed by atoms with van der Waals surface area (Å²) in [5, 5.41) is 2.17. The van der Waals surface area contributed by atoms with Crippen molar-refractivity contribution in [3.05, 3.63) is 211 Å². The Morgan fingerprint density at radius 3 is 2.25 bits per heavy atom. The number of hydrogen-bond donors (Lipinski definition) is 0. The topological polar surface area (TPSA) is 25.6 Å². The van der Waals surface area contributed by atoms with Crippen LogP contribution in [0.3, 0.4) is 0 Å². The molecule has 3 heteroatoms. The molecule has 7 rings (SSSR count). The summed E-state index contributed by atoms with van der Waals surface area (Å²) in [4.78, 5) is 2.26. The summed E-state index contributed by atoms with van der Waals surface area (Å²) in [5.41, 5.74) is 11.9. The van der Waals surface area contributed by atoms with Crippen molar-refractivity contribution in [3.63, 3.8) is 0 Å². The Labute approximate surface area is 324 Å². The van der Waals surface area contributed by atoms with Crippen LogP contribution in [0.25, 0.3) is 44.2 Å². The number of anilines is 2. The first-order chi connectivity index (χ1) is 26.9. The number of benzene rings is 5. The molecule has 0 saturated heterocycles. The highest BCUT2D eigenvalue weighted by Gasteiger charge is 2.30. The van der Waals surface area contributed by atoms with Gasteiger partial charge in [0.25, 0.3) is 0 Å². The number of fused-ring (bicyclic) bond motifs is 4. The van der Waals surface area contributed by atoms with Gasteiger partial charge in [0, 0.05) is 44.5 Å². The zero-order valence-electron chi connectivity index (χ0n) is 31.5. The minimum absolute atomic E-state index is 0.224. The molecule has 0 saturated carbocycles. The first kappa shape index (κ1) is 36.3. The van der Waals surface area contributed by atoms with Crippen LogP contribution < -0.4 is 9.64 Å². The van der Waals surface area contributed by atoms with E-state index in [4.69, 9.17) is 15.6 Å². The van der Waals surface area contributed by atoms with Crippen molar-refractivity contribution in [2.75, 3.05) is 4.90 Å². The van der Waals surface area contributed by atoms with E-state index in [1.165, 1.54) is 0 Å². The molecular weight excluding hydrogens is 671 g/mol. The normalized spacial score (nSPS) is 15.3. The highest BCUT2D eigenvalue weighted by atomic mass is 16.5. The van der Waals surface area contributed by atoms with Gasteiger partial charge in [-0.3, -0.25) is 0 Å². The maximum Gasteiger partial charge on any atom is 0.143 e. The molecule has 0 radical (unpaired) electrons. The average Bonchev–Trinajstić information content (AvgIpc) is 3.79. The summed E-state index contributed by atoms with van der Waals surface area (Å²) in [5.74, 6) is 4.27. The molecule has 268 valence electrons. The molecule has 0 spiro atoms. The fourth-order valence-corrected chi connectivity index (χ4v) is 7.01. The quantitative estimate of drug-likeness (QED) is 0.0987. The van der Waals surface area contributed by atoms with Crippen LogP contribution in [0.15, 0.2) is 199 Å². The molecule has 1 aromatic heterocycles. The second-order valence-corrected chi connectivity index (χ2v) is 13.3. The van der Waals surface area contributed by atoms with E-state index in [0.29, 0.717) is 0 Å². The zero-order chi connectivity index (χ0) is 38.3. The molecule has 1 unspecified atom stereocenters. The van der Waals surface area contributed by atoms with Crippen LogP contribution in [0.4, 0.5) is 11.4 Å². The van der Waals surface area contributed by atoms with E-state index in [1.807, 2.05) is 61.6 Å². The predicted molar refractivity (Wildman–Crippen MR) is 234 cm³/mol. The largest absolute Gasteiger partial charge is 0.459 e. The maximum absolute atomic E-state index is 6.41. The smallest absolute Gasteiger partial charge is 0.143 e. The standard InChI is InChI=1S/C52H43NO2/c1-7-11-13-18-36(5)38-27-32-41(33-28-38)53(40(9-3)31-26-37(6)44-20-16-23-48-46-19-14-15-25-50(46)55-51(44)48)42-34-29-39(30-35-42)45-21-17-22-47-43(10-4)49(24-12-8-2)54-52(45)47/h4,7-9,11-35,43H,1,6H2,2-3,5H3/b12-8-,13-11-,31-26-,36-18+,40-9+,49-24+. The Morgan fingerprint density at radius 1 is 0.800 bits per heavy atom. The third-order valence-electron chi connectivity index (χ3n) is 9.85. The molecule has 1 atom stereocenters. The van der Waals surface area contributed by atoms with Crippen LogP contribution >= 0.6 is 0 Å². The van der Waals surface area contributed by atoms with Crippen molar-refractivity contribution in [3.8, 4) is 29.2 Å². The lowest BCUT2D eigenvalue weighted by atomic mass is 9.95. The van der Waals surface area contributed by atoms with Crippen molar-refractivity contribution in [2.24, 2.45) is 0 Å². The number of allylic oxidation sites excluding steroid dienone is 13. The van der Waals surface area contributed by atoms with Gasteiger partial charge in [0.2, 0.25) is 0 Å². The molecule has 5 aromatic carbocycles. The summed E-state index contributed by atoms with van der Waals surface area (Å²) < 4.78 is 12.7. The Bertz CT molecular complexity index is 2630. The lowest BCUT2D eigenvalue weighted by Gasteiger charge is -2.27. The van der Waals surface area contributed by atoms with Crippen molar-refractivity contribution in [1.82, 2.24) is 0 Å². The van der Waals surface area contributed by atoms with E-state index in [1.54, 1.807) is 6.08 Å². The molecule has 1 aliphatic heterocycles. The van der Waals surface area contributed by atoms with Gasteiger partial charge in [-0.05, 0) is 85.5 Å². The van der Waals surface area contributed by atoms with Crippen LogP contribution in [-0.4, -0.2) is 0 Å². The van der Waals surface area contributed by atoms with Crippen molar-refractivity contribution in [1.29, 1.82) is 0 Å². The molecule has 0 amide bonds. The van der Waals surface area contributed by atoms with E-state index in [-0.39, 0.29) is 5.92 Å². The summed E-state index contributed by atoms with van der Waals surface area (Å²) in [6, 6.07) is 37.8. The highest BCUT2D eigenvalue weighted by Crippen LogP contribution is 2.46. The Hall–Kier alpha value is -7.02. The van der Waals surface area contributed by atoms with Gasteiger partial charge in [0.05, 0.1) is 0 Å². The van der Waals surface area contributed by atoms with Gasteiger partial charge in [-0.25, -0.2) is 0 Å². The molecule has 2 heterocycles. The van der Waals surface area contributed by atoms with Crippen molar-refractivity contribution >= 4 is 44.5 Å². The molecule has 0 N–H and O–H groups in total. The van der Waals surface area contributed by atoms with Crippen LogP contribution in [0, 0.1) is 12.3 Å².